The van der Waals surface area contributed by atoms with Gasteiger partial charge in [0.15, 0.2) is 5.69 Å². The number of hydrogen-bond acceptors (Lipinski definition) is 5. The Morgan fingerprint density at radius 1 is 1.45 bits per heavy atom. The van der Waals surface area contributed by atoms with Gasteiger partial charge in [-0.1, -0.05) is 18.2 Å². The highest BCUT2D eigenvalue weighted by Crippen LogP contribution is 2.21. The maximum atomic E-state index is 12.0. The number of hydrogen-bond donors (Lipinski definition) is 1. The molecule has 1 aromatic carbocycles. The minimum Gasteiger partial charge on any atom is -0.461 e. The first-order chi connectivity index (χ1) is 9.63. The Hall–Kier alpha value is -2.70. The van der Waals surface area contributed by atoms with E-state index in [1.807, 2.05) is 19.1 Å². The molecule has 0 saturated carbocycles. The zero-order valence-electron chi connectivity index (χ0n) is 11.0. The second-order valence-electron chi connectivity index (χ2n) is 4.33. The molecule has 2 heterocycles. The van der Waals surface area contributed by atoms with Crippen molar-refractivity contribution in [1.82, 2.24) is 19.8 Å². The normalized spacial score (nSPS) is 11.1. The first kappa shape index (κ1) is 12.3. The number of aromatic nitrogens is 4. The molecule has 0 atom stereocenters. The van der Waals surface area contributed by atoms with Crippen molar-refractivity contribution in [3.05, 3.63) is 39.9 Å². The zero-order valence-corrected chi connectivity index (χ0v) is 11.0. The Balaban J connectivity index is 2.46. The van der Waals surface area contributed by atoms with E-state index in [1.165, 1.54) is 0 Å². The van der Waals surface area contributed by atoms with Crippen LogP contribution in [-0.4, -0.2) is 32.4 Å². The molecule has 0 amide bonds. The van der Waals surface area contributed by atoms with Crippen molar-refractivity contribution in [2.45, 2.75) is 13.8 Å². The fraction of sp³-hybridized carbons (Fsp3) is 0.231. The van der Waals surface area contributed by atoms with Crippen LogP contribution in [0.3, 0.4) is 0 Å². The van der Waals surface area contributed by atoms with Crippen molar-refractivity contribution in [1.29, 1.82) is 0 Å². The summed E-state index contributed by atoms with van der Waals surface area (Å²) in [7, 11) is 0. The average Bonchev–Trinajstić information content (AvgIpc) is 2.86. The number of carbonyl (C=O) groups is 1. The molecular weight excluding hydrogens is 260 g/mol. The van der Waals surface area contributed by atoms with E-state index in [-0.39, 0.29) is 12.3 Å². The molecule has 0 aliphatic heterocycles. The van der Waals surface area contributed by atoms with Gasteiger partial charge in [0.2, 0.25) is 0 Å². The summed E-state index contributed by atoms with van der Waals surface area (Å²) in [4.78, 5) is 27.9. The van der Waals surface area contributed by atoms with Gasteiger partial charge in [-0.3, -0.25) is 0 Å². The summed E-state index contributed by atoms with van der Waals surface area (Å²) in [6.07, 6.45) is 0. The van der Waals surface area contributed by atoms with Crippen molar-refractivity contribution in [3.63, 3.8) is 0 Å². The lowest BCUT2D eigenvalue weighted by Crippen LogP contribution is -2.18. The molecule has 0 aliphatic carbocycles. The van der Waals surface area contributed by atoms with E-state index in [9.17, 15) is 9.59 Å². The van der Waals surface area contributed by atoms with Gasteiger partial charge in [0.1, 0.15) is 5.52 Å². The maximum Gasteiger partial charge on any atom is 0.368 e. The highest BCUT2D eigenvalue weighted by atomic mass is 16.5. The van der Waals surface area contributed by atoms with Crippen molar-refractivity contribution in [2.75, 3.05) is 6.61 Å². The van der Waals surface area contributed by atoms with Crippen LogP contribution in [-0.2, 0) is 4.74 Å². The van der Waals surface area contributed by atoms with Crippen LogP contribution in [0.4, 0.5) is 0 Å². The third kappa shape index (κ3) is 1.67. The van der Waals surface area contributed by atoms with E-state index in [0.717, 1.165) is 10.1 Å². The number of H-pyrrole nitrogens is 1. The van der Waals surface area contributed by atoms with Gasteiger partial charge in [0.05, 0.1) is 12.1 Å². The number of aryl methyl sites for hydroxylation is 1. The highest BCUT2D eigenvalue weighted by Gasteiger charge is 2.20. The predicted molar refractivity (Wildman–Crippen MR) is 71.8 cm³/mol. The number of carbonyl (C=O) groups excluding carboxylic acids is 1. The quantitative estimate of drug-likeness (QED) is 0.704. The monoisotopic (exact) mass is 272 g/mol. The highest BCUT2D eigenvalue weighted by molar-refractivity contribution is 6.05. The molecule has 0 fully saturated rings. The van der Waals surface area contributed by atoms with E-state index in [1.54, 1.807) is 13.0 Å². The number of nitrogens with zero attached hydrogens (tertiary/aromatic N) is 3. The molecule has 102 valence electrons. The second kappa shape index (κ2) is 4.44. The van der Waals surface area contributed by atoms with Crippen molar-refractivity contribution in [2.24, 2.45) is 0 Å². The lowest BCUT2D eigenvalue weighted by Gasteiger charge is -2.03. The zero-order chi connectivity index (χ0) is 14.3. The van der Waals surface area contributed by atoms with Crippen LogP contribution >= 0.6 is 0 Å². The number of nitrogens with one attached hydrogen (secondary N) is 1. The fourth-order valence-corrected chi connectivity index (χ4v) is 2.18. The van der Waals surface area contributed by atoms with Gasteiger partial charge in [-0.25, -0.2) is 14.8 Å². The second-order valence-corrected chi connectivity index (χ2v) is 4.33. The molecule has 0 bridgehead atoms. The summed E-state index contributed by atoms with van der Waals surface area (Å²) in [5.41, 5.74) is 1.39. The number of para-hydroxylation sites is 1. The largest absolute Gasteiger partial charge is 0.461 e. The molecule has 7 heteroatoms. The number of esters is 1. The summed E-state index contributed by atoms with van der Waals surface area (Å²) in [5, 5.41) is 7.06. The molecule has 3 aromatic rings. The molecule has 7 nitrogen and oxygen atoms in total. The Morgan fingerprint density at radius 2 is 2.25 bits per heavy atom. The van der Waals surface area contributed by atoms with Gasteiger partial charge in [0.25, 0.3) is 0 Å². The molecular formula is C13H12N4O3. The Bertz CT molecular complexity index is 878. The number of aromatic amines is 1. The lowest BCUT2D eigenvalue weighted by molar-refractivity contribution is 0.0522. The van der Waals surface area contributed by atoms with Gasteiger partial charge < -0.3 is 4.74 Å². The average molecular weight is 272 g/mol. The summed E-state index contributed by atoms with van der Waals surface area (Å²) in [6.45, 7) is 3.81. The summed E-state index contributed by atoms with van der Waals surface area (Å²) >= 11 is 0. The smallest absolute Gasteiger partial charge is 0.368 e. The molecule has 0 radical (unpaired) electrons. The van der Waals surface area contributed by atoms with E-state index >= 15 is 0 Å². The first-order valence-corrected chi connectivity index (χ1v) is 6.17. The number of fused-ring (bicyclic) bond motifs is 3. The van der Waals surface area contributed by atoms with E-state index in [4.69, 9.17) is 4.74 Å². The van der Waals surface area contributed by atoms with E-state index in [0.29, 0.717) is 16.4 Å². The van der Waals surface area contributed by atoms with E-state index in [2.05, 4.69) is 15.3 Å². The van der Waals surface area contributed by atoms with Gasteiger partial charge >= 0.3 is 11.7 Å². The Morgan fingerprint density at radius 3 is 3.00 bits per heavy atom. The number of benzene rings is 1. The molecule has 0 spiro atoms. The first-order valence-electron chi connectivity index (χ1n) is 6.17. The summed E-state index contributed by atoms with van der Waals surface area (Å²) < 4.78 is 6.10. The maximum absolute atomic E-state index is 12.0. The third-order valence-electron chi connectivity index (χ3n) is 3.07. The van der Waals surface area contributed by atoms with Crippen LogP contribution in [0.5, 0.6) is 0 Å². The molecule has 3 rings (SSSR count). The number of rotatable bonds is 2. The van der Waals surface area contributed by atoms with Crippen molar-refractivity contribution >= 4 is 22.4 Å². The van der Waals surface area contributed by atoms with Crippen LogP contribution in [0, 0.1) is 6.92 Å². The van der Waals surface area contributed by atoms with Gasteiger partial charge in [-0.15, -0.1) is 5.10 Å². The fourth-order valence-electron chi connectivity index (χ4n) is 2.18. The van der Waals surface area contributed by atoms with E-state index < -0.39 is 11.7 Å². The van der Waals surface area contributed by atoms with Gasteiger partial charge in [-0.2, -0.15) is 9.50 Å². The Labute approximate surface area is 113 Å². The van der Waals surface area contributed by atoms with Crippen molar-refractivity contribution in [3.8, 4) is 0 Å². The third-order valence-corrected chi connectivity index (χ3v) is 3.07. The van der Waals surface area contributed by atoms with Crippen LogP contribution in [0.1, 0.15) is 23.0 Å². The number of ether oxygens (including phenoxy) is 1. The van der Waals surface area contributed by atoms with Gasteiger partial charge in [0, 0.05) is 5.39 Å². The molecule has 20 heavy (non-hydrogen) atoms. The molecule has 2 aromatic heterocycles. The van der Waals surface area contributed by atoms with Crippen molar-refractivity contribution < 1.29 is 9.53 Å². The molecule has 0 aliphatic rings. The van der Waals surface area contributed by atoms with Crippen LogP contribution in [0.2, 0.25) is 0 Å². The predicted octanol–water partition coefficient (Wildman–Crippen LogP) is 1.06. The standard InChI is InChI=1S/C13H12N4O3/c1-3-20-12(18)10-11-8-6-4-5-7(2)9(8)14-13(19)17(11)16-15-10/h4-6,16H,3H2,1-2H3. The molecule has 0 unspecified atom stereocenters. The SMILES string of the molecule is CCOC(=O)c1n[nH]n2c(=O)nc3c(C)cccc3c12. The topological polar surface area (TPSA) is 89.4 Å². The minimum absolute atomic E-state index is 0.0851. The lowest BCUT2D eigenvalue weighted by atomic mass is 10.1. The summed E-state index contributed by atoms with van der Waals surface area (Å²) in [5.74, 6) is -0.570. The molecule has 1 N–H and O–H groups in total. The Kier molecular flexibility index (Phi) is 2.74. The summed E-state index contributed by atoms with van der Waals surface area (Å²) in [6, 6.07) is 5.49. The van der Waals surface area contributed by atoms with Crippen LogP contribution in [0.15, 0.2) is 23.0 Å². The molecule has 0 saturated heterocycles. The minimum atomic E-state index is -0.570. The van der Waals surface area contributed by atoms with Crippen LogP contribution in [0.25, 0.3) is 16.4 Å². The van der Waals surface area contributed by atoms with Crippen LogP contribution < -0.4 is 5.69 Å². The van der Waals surface area contributed by atoms with Gasteiger partial charge in [-0.05, 0) is 19.4 Å².